The number of hydrogen-bond donors (Lipinski definition) is 2. The molecule has 0 aromatic carbocycles. The van der Waals surface area contributed by atoms with E-state index in [0.29, 0.717) is 12.5 Å². The molecular weight excluding hydrogens is 202 g/mol. The molecule has 0 aliphatic carbocycles. The minimum Gasteiger partial charge on any atom is -0.348 e. The second kappa shape index (κ2) is 5.80. The molecule has 0 aliphatic rings. The van der Waals surface area contributed by atoms with Gasteiger partial charge in [0.05, 0.1) is 12.4 Å². The van der Waals surface area contributed by atoms with E-state index < -0.39 is 0 Å². The number of rotatable bonds is 6. The predicted octanol–water partition coefficient (Wildman–Crippen LogP) is 1.54. The monoisotopic (exact) mass is 223 g/mol. The van der Waals surface area contributed by atoms with E-state index in [2.05, 4.69) is 15.3 Å². The Kier molecular flexibility index (Phi) is 4.68. The summed E-state index contributed by atoms with van der Waals surface area (Å²) in [5.41, 5.74) is 0.993. The molecule has 1 atom stereocenters. The molecule has 0 bridgehead atoms. The number of Topliss-reactive ketones (excluding diaryl/α,β-unsaturated/α-hetero) is 1. The lowest BCUT2D eigenvalue weighted by Crippen LogP contribution is -2.44. The molecule has 16 heavy (non-hydrogen) atoms. The first kappa shape index (κ1) is 12.9. The molecular formula is C12H21N3O. The summed E-state index contributed by atoms with van der Waals surface area (Å²) in [6.45, 7) is 7.97. The van der Waals surface area contributed by atoms with Crippen molar-refractivity contribution >= 4 is 5.78 Å². The molecule has 0 saturated heterocycles. The number of H-pyrrole nitrogens is 1. The summed E-state index contributed by atoms with van der Waals surface area (Å²) in [6.07, 6.45) is 4.08. The molecule has 1 rings (SSSR count). The first-order valence-electron chi connectivity index (χ1n) is 5.77. The Balaban J connectivity index is 2.67. The number of imidazole rings is 1. The van der Waals surface area contributed by atoms with Crippen molar-refractivity contribution in [3.05, 3.63) is 18.2 Å². The van der Waals surface area contributed by atoms with Gasteiger partial charge in [-0.1, -0.05) is 27.7 Å². The molecule has 1 aromatic heterocycles. The average molecular weight is 223 g/mol. The highest BCUT2D eigenvalue weighted by atomic mass is 16.1. The lowest BCUT2D eigenvalue weighted by atomic mass is 9.97. The van der Waals surface area contributed by atoms with Crippen LogP contribution in [0.1, 0.15) is 33.4 Å². The van der Waals surface area contributed by atoms with E-state index in [1.807, 2.05) is 27.7 Å². The van der Waals surface area contributed by atoms with Gasteiger partial charge in [0.2, 0.25) is 0 Å². The van der Waals surface area contributed by atoms with Gasteiger partial charge in [0.25, 0.3) is 0 Å². The maximum absolute atomic E-state index is 12.0. The first-order valence-corrected chi connectivity index (χ1v) is 5.77. The second-order valence-corrected chi connectivity index (χ2v) is 4.71. The molecule has 90 valence electrons. The van der Waals surface area contributed by atoms with Gasteiger partial charge in [0.15, 0.2) is 5.78 Å². The number of aromatic amines is 1. The second-order valence-electron chi connectivity index (χ2n) is 4.71. The molecule has 1 aromatic rings. The Bertz CT molecular complexity index is 317. The summed E-state index contributed by atoms with van der Waals surface area (Å²) in [5.74, 6) is 0.308. The molecule has 0 unspecified atom stereocenters. The minimum atomic E-state index is -0.125. The van der Waals surface area contributed by atoms with Crippen molar-refractivity contribution in [2.45, 2.75) is 46.2 Å². The maximum Gasteiger partial charge on any atom is 0.152 e. The van der Waals surface area contributed by atoms with Gasteiger partial charge < -0.3 is 10.3 Å². The van der Waals surface area contributed by atoms with Crippen LogP contribution < -0.4 is 5.32 Å². The number of carbonyl (C=O) groups is 1. The Labute approximate surface area is 96.9 Å². The van der Waals surface area contributed by atoms with E-state index in [9.17, 15) is 4.79 Å². The largest absolute Gasteiger partial charge is 0.348 e. The normalized spacial score (nSPS) is 13.4. The van der Waals surface area contributed by atoms with Crippen LogP contribution >= 0.6 is 0 Å². The van der Waals surface area contributed by atoms with Crippen LogP contribution in [0.25, 0.3) is 0 Å². The van der Waals surface area contributed by atoms with Gasteiger partial charge in [-0.05, 0) is 0 Å². The van der Waals surface area contributed by atoms with Crippen LogP contribution in [-0.4, -0.2) is 27.8 Å². The fraction of sp³-hybridized carbons (Fsp3) is 0.667. The van der Waals surface area contributed by atoms with E-state index >= 15 is 0 Å². The van der Waals surface area contributed by atoms with Crippen LogP contribution in [0.4, 0.5) is 0 Å². The van der Waals surface area contributed by atoms with Gasteiger partial charge in [-0.25, -0.2) is 4.98 Å². The Morgan fingerprint density at radius 2 is 2.12 bits per heavy atom. The molecule has 4 nitrogen and oxygen atoms in total. The maximum atomic E-state index is 12.0. The van der Waals surface area contributed by atoms with Gasteiger partial charge in [-0.15, -0.1) is 0 Å². The van der Waals surface area contributed by atoms with Gasteiger partial charge in [0.1, 0.15) is 0 Å². The van der Waals surface area contributed by atoms with Crippen molar-refractivity contribution in [1.29, 1.82) is 0 Å². The molecule has 2 N–H and O–H groups in total. The van der Waals surface area contributed by atoms with Crippen LogP contribution in [0.2, 0.25) is 0 Å². The zero-order valence-corrected chi connectivity index (χ0v) is 10.4. The summed E-state index contributed by atoms with van der Waals surface area (Å²) < 4.78 is 0. The molecule has 0 amide bonds. The highest BCUT2D eigenvalue weighted by molar-refractivity contribution is 5.86. The number of hydrogen-bond acceptors (Lipinski definition) is 3. The Morgan fingerprint density at radius 3 is 2.56 bits per heavy atom. The Hall–Kier alpha value is -1.16. The van der Waals surface area contributed by atoms with Gasteiger partial charge in [-0.2, -0.15) is 0 Å². The van der Waals surface area contributed by atoms with Crippen LogP contribution in [-0.2, 0) is 11.2 Å². The number of carbonyl (C=O) groups excluding carboxylic acids is 1. The molecule has 1 heterocycles. The van der Waals surface area contributed by atoms with E-state index in [1.54, 1.807) is 12.5 Å². The first-order chi connectivity index (χ1) is 7.50. The summed E-state index contributed by atoms with van der Waals surface area (Å²) in [7, 11) is 0. The van der Waals surface area contributed by atoms with Crippen LogP contribution in [0, 0.1) is 5.92 Å². The lowest BCUT2D eigenvalue weighted by molar-refractivity contribution is -0.124. The number of aromatic nitrogens is 2. The number of nitrogens with zero attached hydrogens (tertiary/aromatic N) is 1. The van der Waals surface area contributed by atoms with Gasteiger partial charge in [0, 0.05) is 30.3 Å². The topological polar surface area (TPSA) is 57.8 Å². The van der Waals surface area contributed by atoms with Crippen LogP contribution in [0.3, 0.4) is 0 Å². The zero-order chi connectivity index (χ0) is 12.1. The van der Waals surface area contributed by atoms with E-state index in [-0.39, 0.29) is 17.7 Å². The summed E-state index contributed by atoms with van der Waals surface area (Å²) in [6, 6.07) is 0.177. The molecule has 0 spiro atoms. The SMILES string of the molecule is CC(C)N[C@H](Cc1cnc[nH]1)C(=O)C(C)C. The third kappa shape index (κ3) is 3.77. The number of ketones is 1. The van der Waals surface area contributed by atoms with Crippen molar-refractivity contribution in [2.75, 3.05) is 0 Å². The van der Waals surface area contributed by atoms with Gasteiger partial charge in [-0.3, -0.25) is 4.79 Å². The third-order valence-corrected chi connectivity index (χ3v) is 2.43. The van der Waals surface area contributed by atoms with Crippen molar-refractivity contribution in [1.82, 2.24) is 15.3 Å². The lowest BCUT2D eigenvalue weighted by Gasteiger charge is -2.21. The average Bonchev–Trinajstić information content (AvgIpc) is 2.67. The quantitative estimate of drug-likeness (QED) is 0.769. The zero-order valence-electron chi connectivity index (χ0n) is 10.4. The molecule has 0 fully saturated rings. The summed E-state index contributed by atoms with van der Waals surface area (Å²) in [5, 5.41) is 3.30. The molecule has 0 radical (unpaired) electrons. The van der Waals surface area contributed by atoms with E-state index in [4.69, 9.17) is 0 Å². The Morgan fingerprint density at radius 1 is 1.44 bits per heavy atom. The van der Waals surface area contributed by atoms with E-state index in [0.717, 1.165) is 5.69 Å². The van der Waals surface area contributed by atoms with Crippen molar-refractivity contribution in [2.24, 2.45) is 5.92 Å². The fourth-order valence-corrected chi connectivity index (χ4v) is 1.66. The summed E-state index contributed by atoms with van der Waals surface area (Å²) >= 11 is 0. The molecule has 0 aliphatic heterocycles. The smallest absolute Gasteiger partial charge is 0.152 e. The van der Waals surface area contributed by atoms with E-state index in [1.165, 1.54) is 0 Å². The fourth-order valence-electron chi connectivity index (χ4n) is 1.66. The van der Waals surface area contributed by atoms with Gasteiger partial charge >= 0.3 is 0 Å². The summed E-state index contributed by atoms with van der Waals surface area (Å²) in [4.78, 5) is 19.0. The molecule has 4 heteroatoms. The molecule has 0 saturated carbocycles. The minimum absolute atomic E-state index is 0.0548. The third-order valence-electron chi connectivity index (χ3n) is 2.43. The highest BCUT2D eigenvalue weighted by Gasteiger charge is 2.22. The van der Waals surface area contributed by atoms with Crippen molar-refractivity contribution in [3.8, 4) is 0 Å². The highest BCUT2D eigenvalue weighted by Crippen LogP contribution is 2.06. The predicted molar refractivity (Wildman–Crippen MR) is 64.2 cm³/mol. The van der Waals surface area contributed by atoms with Crippen LogP contribution in [0.5, 0.6) is 0 Å². The van der Waals surface area contributed by atoms with Crippen LogP contribution in [0.15, 0.2) is 12.5 Å². The van der Waals surface area contributed by atoms with Crippen molar-refractivity contribution < 1.29 is 4.79 Å². The van der Waals surface area contributed by atoms with Crippen molar-refractivity contribution in [3.63, 3.8) is 0 Å². The number of nitrogens with one attached hydrogen (secondary N) is 2. The standard InChI is InChI=1S/C12H21N3O/c1-8(2)12(16)11(15-9(3)4)5-10-6-13-7-14-10/h6-9,11,15H,5H2,1-4H3,(H,13,14)/t11-/m1/s1.